The fourth-order valence-electron chi connectivity index (χ4n) is 4.77. The van der Waals surface area contributed by atoms with Gasteiger partial charge in [-0.05, 0) is 37.5 Å². The molecule has 0 aromatic rings. The zero-order chi connectivity index (χ0) is 14.7. The van der Waals surface area contributed by atoms with Crippen LogP contribution in [0.15, 0.2) is 0 Å². The van der Waals surface area contributed by atoms with E-state index in [1.165, 1.54) is 38.6 Å². The summed E-state index contributed by atoms with van der Waals surface area (Å²) in [7, 11) is 0. The molecule has 0 amide bonds. The second kappa shape index (κ2) is 7.23. The van der Waals surface area contributed by atoms with Crippen molar-refractivity contribution in [1.29, 1.82) is 0 Å². The van der Waals surface area contributed by atoms with Gasteiger partial charge in [0.15, 0.2) is 0 Å². The molecule has 120 valence electrons. The molecule has 1 heterocycles. The highest BCUT2D eigenvalue weighted by molar-refractivity contribution is 5.83. The highest BCUT2D eigenvalue weighted by Crippen LogP contribution is 2.34. The van der Waals surface area contributed by atoms with Gasteiger partial charge in [0.1, 0.15) is 5.78 Å². The molecule has 2 aliphatic carbocycles. The Bertz CT molecular complexity index is 357. The molecule has 2 saturated carbocycles. The van der Waals surface area contributed by atoms with Crippen LogP contribution in [0.5, 0.6) is 0 Å². The summed E-state index contributed by atoms with van der Waals surface area (Å²) in [5, 5.41) is 0. The van der Waals surface area contributed by atoms with Gasteiger partial charge in [0.05, 0.1) is 13.2 Å². The Labute approximate surface area is 129 Å². The van der Waals surface area contributed by atoms with Crippen LogP contribution >= 0.6 is 0 Å². The maximum atomic E-state index is 12.1. The Hall–Kier alpha value is -0.410. The number of ketones is 1. The fourth-order valence-corrected chi connectivity index (χ4v) is 4.77. The highest BCUT2D eigenvalue weighted by atomic mass is 16.5. The van der Waals surface area contributed by atoms with Gasteiger partial charge in [0, 0.05) is 31.5 Å². The minimum atomic E-state index is 0.260. The van der Waals surface area contributed by atoms with E-state index in [2.05, 4.69) is 11.8 Å². The molecule has 3 rings (SSSR count). The van der Waals surface area contributed by atoms with Gasteiger partial charge in [-0.3, -0.25) is 9.69 Å². The molecule has 3 aliphatic rings. The van der Waals surface area contributed by atoms with E-state index in [1.807, 2.05) is 0 Å². The summed E-state index contributed by atoms with van der Waals surface area (Å²) in [6.45, 7) is 6.19. The third-order valence-corrected chi connectivity index (χ3v) is 6.06. The van der Waals surface area contributed by atoms with Gasteiger partial charge in [0.2, 0.25) is 0 Å². The van der Waals surface area contributed by atoms with Crippen LogP contribution in [0.25, 0.3) is 0 Å². The molecule has 1 aliphatic heterocycles. The van der Waals surface area contributed by atoms with Gasteiger partial charge < -0.3 is 4.74 Å². The molecule has 1 saturated heterocycles. The van der Waals surface area contributed by atoms with Crippen molar-refractivity contribution < 1.29 is 9.53 Å². The number of ether oxygens (including phenoxy) is 1. The summed E-state index contributed by atoms with van der Waals surface area (Å²) < 4.78 is 5.71. The molecule has 3 nitrogen and oxygen atoms in total. The first-order valence-corrected chi connectivity index (χ1v) is 9.12. The molecule has 3 fully saturated rings. The molecule has 0 N–H and O–H groups in total. The van der Waals surface area contributed by atoms with Crippen LogP contribution in [0.3, 0.4) is 0 Å². The van der Waals surface area contributed by atoms with E-state index < -0.39 is 0 Å². The molecule has 0 bridgehead atoms. The van der Waals surface area contributed by atoms with Crippen molar-refractivity contribution >= 4 is 5.78 Å². The van der Waals surface area contributed by atoms with Gasteiger partial charge in [0.25, 0.3) is 0 Å². The quantitative estimate of drug-likeness (QED) is 0.796. The Morgan fingerprint density at radius 2 is 2.05 bits per heavy atom. The predicted molar refractivity (Wildman–Crippen MR) is 84.3 cm³/mol. The second-order valence-electron chi connectivity index (χ2n) is 7.41. The van der Waals surface area contributed by atoms with Crippen molar-refractivity contribution in [3.63, 3.8) is 0 Å². The SMILES string of the molecule is CCC1CCCC(CN2CCOCC2C2CCCC2=O)C1. The average molecular weight is 293 g/mol. The first-order chi connectivity index (χ1) is 10.3. The van der Waals surface area contributed by atoms with Gasteiger partial charge in [-0.15, -0.1) is 0 Å². The molecule has 0 radical (unpaired) electrons. The zero-order valence-electron chi connectivity index (χ0n) is 13.6. The number of carbonyl (C=O) groups excluding carboxylic acids is 1. The lowest BCUT2D eigenvalue weighted by Crippen LogP contribution is -2.52. The molecular weight excluding hydrogens is 262 g/mol. The molecule has 21 heavy (non-hydrogen) atoms. The van der Waals surface area contributed by atoms with E-state index in [9.17, 15) is 4.79 Å². The number of Topliss-reactive ketones (excluding diaryl/α,β-unsaturated/α-hetero) is 1. The van der Waals surface area contributed by atoms with Crippen LogP contribution < -0.4 is 0 Å². The van der Waals surface area contributed by atoms with E-state index >= 15 is 0 Å². The number of carbonyl (C=O) groups is 1. The summed E-state index contributed by atoms with van der Waals surface area (Å²) >= 11 is 0. The first-order valence-electron chi connectivity index (χ1n) is 9.12. The molecule has 3 heteroatoms. The van der Waals surface area contributed by atoms with Crippen molar-refractivity contribution in [2.75, 3.05) is 26.3 Å². The third kappa shape index (κ3) is 3.68. The lowest BCUT2D eigenvalue weighted by atomic mass is 9.79. The normalized spacial score (nSPS) is 38.8. The maximum Gasteiger partial charge on any atom is 0.137 e. The molecular formula is C18H31NO2. The number of morpholine rings is 1. The van der Waals surface area contributed by atoms with E-state index in [-0.39, 0.29) is 5.92 Å². The monoisotopic (exact) mass is 293 g/mol. The minimum absolute atomic E-state index is 0.260. The van der Waals surface area contributed by atoms with Gasteiger partial charge in [-0.25, -0.2) is 0 Å². The molecule has 0 aromatic carbocycles. The smallest absolute Gasteiger partial charge is 0.137 e. The number of hydrogen-bond acceptors (Lipinski definition) is 3. The summed E-state index contributed by atoms with van der Waals surface area (Å²) in [6, 6.07) is 0.371. The largest absolute Gasteiger partial charge is 0.378 e. The third-order valence-electron chi connectivity index (χ3n) is 6.06. The van der Waals surface area contributed by atoms with E-state index in [1.54, 1.807) is 0 Å². The number of rotatable bonds is 4. The fraction of sp³-hybridized carbons (Fsp3) is 0.944. The maximum absolute atomic E-state index is 12.1. The van der Waals surface area contributed by atoms with Gasteiger partial charge >= 0.3 is 0 Å². The number of nitrogens with zero attached hydrogens (tertiary/aromatic N) is 1. The van der Waals surface area contributed by atoms with E-state index in [0.717, 1.165) is 50.9 Å². The number of hydrogen-bond donors (Lipinski definition) is 0. The van der Waals surface area contributed by atoms with Crippen molar-refractivity contribution in [1.82, 2.24) is 4.90 Å². The van der Waals surface area contributed by atoms with Gasteiger partial charge in [-0.2, -0.15) is 0 Å². The highest BCUT2D eigenvalue weighted by Gasteiger charge is 2.38. The summed E-state index contributed by atoms with van der Waals surface area (Å²) in [6.07, 6.45) is 9.95. The Morgan fingerprint density at radius 1 is 1.19 bits per heavy atom. The molecule has 0 aromatic heterocycles. The topological polar surface area (TPSA) is 29.5 Å². The van der Waals surface area contributed by atoms with Crippen LogP contribution in [0.2, 0.25) is 0 Å². The molecule has 0 spiro atoms. The van der Waals surface area contributed by atoms with Crippen LogP contribution in [0, 0.1) is 17.8 Å². The minimum Gasteiger partial charge on any atom is -0.378 e. The summed E-state index contributed by atoms with van der Waals surface area (Å²) in [5.41, 5.74) is 0. The van der Waals surface area contributed by atoms with Crippen molar-refractivity contribution in [2.45, 2.75) is 64.3 Å². The van der Waals surface area contributed by atoms with Crippen molar-refractivity contribution in [3.05, 3.63) is 0 Å². The van der Waals surface area contributed by atoms with E-state index in [4.69, 9.17) is 4.74 Å². The van der Waals surface area contributed by atoms with Crippen LogP contribution in [0.1, 0.15) is 58.3 Å². The lowest BCUT2D eigenvalue weighted by Gasteiger charge is -2.41. The standard InChI is InChI=1S/C18H31NO2/c1-2-14-5-3-6-15(11-14)12-19-9-10-21-13-17(19)16-7-4-8-18(16)20/h14-17H,2-13H2,1H3. The van der Waals surface area contributed by atoms with Crippen LogP contribution in [-0.2, 0) is 9.53 Å². The van der Waals surface area contributed by atoms with Crippen LogP contribution in [0.4, 0.5) is 0 Å². The summed E-state index contributed by atoms with van der Waals surface area (Å²) in [4.78, 5) is 14.7. The Morgan fingerprint density at radius 3 is 2.81 bits per heavy atom. The zero-order valence-corrected chi connectivity index (χ0v) is 13.6. The van der Waals surface area contributed by atoms with Crippen LogP contribution in [-0.4, -0.2) is 43.0 Å². The summed E-state index contributed by atoms with van der Waals surface area (Å²) in [5.74, 6) is 2.54. The molecule has 4 atom stereocenters. The predicted octanol–water partition coefficient (Wildman–Crippen LogP) is 3.27. The molecule has 4 unspecified atom stereocenters. The Kier molecular flexibility index (Phi) is 5.33. The van der Waals surface area contributed by atoms with Crippen molar-refractivity contribution in [3.8, 4) is 0 Å². The van der Waals surface area contributed by atoms with Gasteiger partial charge in [-0.1, -0.05) is 26.2 Å². The average Bonchev–Trinajstić information content (AvgIpc) is 2.94. The Balaban J connectivity index is 1.60. The van der Waals surface area contributed by atoms with E-state index in [0.29, 0.717) is 11.8 Å². The lowest BCUT2D eigenvalue weighted by molar-refractivity contribution is -0.126. The van der Waals surface area contributed by atoms with Crippen molar-refractivity contribution in [2.24, 2.45) is 17.8 Å². The first kappa shape index (κ1) is 15.5. The second-order valence-corrected chi connectivity index (χ2v) is 7.41.